The van der Waals surface area contributed by atoms with Gasteiger partial charge in [0.15, 0.2) is 0 Å². The molecule has 0 unspecified atom stereocenters. The summed E-state index contributed by atoms with van der Waals surface area (Å²) in [5.41, 5.74) is 1.21. The van der Waals surface area contributed by atoms with Gasteiger partial charge < -0.3 is 4.74 Å². The van der Waals surface area contributed by atoms with Crippen molar-refractivity contribution in [1.29, 1.82) is 0 Å². The minimum Gasteiger partial charge on any atom is -0.376 e. The number of ether oxygens (including phenoxy) is 1. The Morgan fingerprint density at radius 3 is 2.44 bits per heavy atom. The molecule has 1 aliphatic rings. The SMILES string of the molecule is O=C(Cl)[C@H]1CC[C@H](COCc2ccccc2)CC1. The number of benzene rings is 1. The summed E-state index contributed by atoms with van der Waals surface area (Å²) in [5, 5.41) is -0.168. The highest BCUT2D eigenvalue weighted by atomic mass is 35.5. The van der Waals surface area contributed by atoms with Crippen LogP contribution < -0.4 is 0 Å². The fourth-order valence-corrected chi connectivity index (χ4v) is 2.69. The molecule has 2 nitrogen and oxygen atoms in total. The van der Waals surface area contributed by atoms with E-state index < -0.39 is 0 Å². The van der Waals surface area contributed by atoms with Gasteiger partial charge in [-0.2, -0.15) is 0 Å². The maximum absolute atomic E-state index is 11.0. The fraction of sp³-hybridized carbons (Fsp3) is 0.533. The summed E-state index contributed by atoms with van der Waals surface area (Å²) in [6, 6.07) is 10.2. The first-order valence-electron chi connectivity index (χ1n) is 6.56. The first-order chi connectivity index (χ1) is 8.75. The Kier molecular flexibility index (Phi) is 5.21. The Morgan fingerprint density at radius 1 is 1.17 bits per heavy atom. The van der Waals surface area contributed by atoms with E-state index in [9.17, 15) is 4.79 Å². The van der Waals surface area contributed by atoms with E-state index in [0.29, 0.717) is 12.5 Å². The van der Waals surface area contributed by atoms with Crippen LogP contribution in [0.2, 0.25) is 0 Å². The van der Waals surface area contributed by atoms with Gasteiger partial charge in [0.1, 0.15) is 0 Å². The molecule has 1 aromatic carbocycles. The smallest absolute Gasteiger partial charge is 0.224 e. The van der Waals surface area contributed by atoms with Crippen LogP contribution in [0.5, 0.6) is 0 Å². The van der Waals surface area contributed by atoms with Gasteiger partial charge in [-0.05, 0) is 48.8 Å². The molecule has 1 saturated carbocycles. The molecule has 0 amide bonds. The molecule has 1 aliphatic carbocycles. The van der Waals surface area contributed by atoms with Crippen molar-refractivity contribution in [3.63, 3.8) is 0 Å². The lowest BCUT2D eigenvalue weighted by atomic mass is 9.83. The predicted molar refractivity (Wildman–Crippen MR) is 72.4 cm³/mol. The number of halogens is 1. The number of hydrogen-bond acceptors (Lipinski definition) is 2. The molecule has 0 aliphatic heterocycles. The maximum Gasteiger partial charge on any atom is 0.224 e. The van der Waals surface area contributed by atoms with Crippen molar-refractivity contribution in [2.24, 2.45) is 11.8 Å². The summed E-state index contributed by atoms with van der Waals surface area (Å²) in [6.07, 6.45) is 3.94. The van der Waals surface area contributed by atoms with Gasteiger partial charge in [-0.1, -0.05) is 30.3 Å². The Bertz CT molecular complexity index is 369. The molecule has 0 N–H and O–H groups in total. The van der Waals surface area contributed by atoms with Crippen LogP contribution in [0.25, 0.3) is 0 Å². The van der Waals surface area contributed by atoms with Gasteiger partial charge in [0.25, 0.3) is 0 Å². The molecule has 3 heteroatoms. The van der Waals surface area contributed by atoms with Crippen molar-refractivity contribution in [1.82, 2.24) is 0 Å². The van der Waals surface area contributed by atoms with Gasteiger partial charge in [-0.25, -0.2) is 0 Å². The third-order valence-corrected chi connectivity index (χ3v) is 3.94. The molecule has 2 rings (SSSR count). The highest BCUT2D eigenvalue weighted by Crippen LogP contribution is 2.30. The molecule has 0 spiro atoms. The summed E-state index contributed by atoms with van der Waals surface area (Å²) >= 11 is 5.52. The molecule has 0 bridgehead atoms. The van der Waals surface area contributed by atoms with Crippen molar-refractivity contribution in [2.45, 2.75) is 32.3 Å². The van der Waals surface area contributed by atoms with E-state index in [-0.39, 0.29) is 11.2 Å². The van der Waals surface area contributed by atoms with E-state index >= 15 is 0 Å². The van der Waals surface area contributed by atoms with Crippen molar-refractivity contribution in [3.05, 3.63) is 35.9 Å². The highest BCUT2D eigenvalue weighted by molar-refractivity contribution is 6.63. The lowest BCUT2D eigenvalue weighted by Crippen LogP contribution is -2.21. The van der Waals surface area contributed by atoms with E-state index in [1.54, 1.807) is 0 Å². The van der Waals surface area contributed by atoms with E-state index in [1.165, 1.54) is 5.56 Å². The molecule has 0 radical (unpaired) electrons. The van der Waals surface area contributed by atoms with Crippen molar-refractivity contribution in [2.75, 3.05) is 6.61 Å². The molecular weight excluding hydrogens is 248 g/mol. The molecule has 98 valence electrons. The van der Waals surface area contributed by atoms with Crippen LogP contribution >= 0.6 is 11.6 Å². The number of hydrogen-bond donors (Lipinski definition) is 0. The second-order valence-electron chi connectivity index (χ2n) is 5.02. The van der Waals surface area contributed by atoms with Gasteiger partial charge in [0, 0.05) is 12.5 Å². The number of carbonyl (C=O) groups is 1. The van der Waals surface area contributed by atoms with Crippen molar-refractivity contribution < 1.29 is 9.53 Å². The molecule has 1 fully saturated rings. The lowest BCUT2D eigenvalue weighted by Gasteiger charge is -2.26. The predicted octanol–water partition coefficient (Wildman–Crippen LogP) is 3.78. The first kappa shape index (κ1) is 13.6. The standard InChI is InChI=1S/C15H19ClO2/c16-15(17)14-8-6-13(7-9-14)11-18-10-12-4-2-1-3-5-12/h1-5,13-14H,6-11H2/t13-,14-. The number of carbonyl (C=O) groups excluding carboxylic acids is 1. The van der Waals surface area contributed by atoms with Gasteiger partial charge in [0.05, 0.1) is 6.61 Å². The van der Waals surface area contributed by atoms with E-state index in [1.807, 2.05) is 18.2 Å². The Morgan fingerprint density at radius 2 is 1.83 bits per heavy atom. The summed E-state index contributed by atoms with van der Waals surface area (Å²) < 4.78 is 5.74. The van der Waals surface area contributed by atoms with Crippen LogP contribution in [-0.2, 0) is 16.1 Å². The van der Waals surface area contributed by atoms with Crippen LogP contribution in [-0.4, -0.2) is 11.8 Å². The second kappa shape index (κ2) is 6.91. The molecule has 0 aromatic heterocycles. The van der Waals surface area contributed by atoms with Crippen LogP contribution in [0, 0.1) is 11.8 Å². The van der Waals surface area contributed by atoms with Crippen molar-refractivity contribution >= 4 is 16.8 Å². The summed E-state index contributed by atoms with van der Waals surface area (Å²) in [5.74, 6) is 0.665. The Labute approximate surface area is 113 Å². The highest BCUT2D eigenvalue weighted by Gasteiger charge is 2.25. The minimum atomic E-state index is -0.168. The quantitative estimate of drug-likeness (QED) is 0.759. The zero-order valence-corrected chi connectivity index (χ0v) is 11.2. The lowest BCUT2D eigenvalue weighted by molar-refractivity contribution is -0.116. The average Bonchev–Trinajstić information content (AvgIpc) is 2.40. The van der Waals surface area contributed by atoms with E-state index in [0.717, 1.165) is 32.3 Å². The zero-order chi connectivity index (χ0) is 12.8. The first-order valence-corrected chi connectivity index (χ1v) is 6.94. The maximum atomic E-state index is 11.0. The van der Waals surface area contributed by atoms with Gasteiger partial charge in [-0.3, -0.25) is 4.79 Å². The van der Waals surface area contributed by atoms with E-state index in [4.69, 9.17) is 16.3 Å². The molecule has 1 aromatic rings. The van der Waals surface area contributed by atoms with Crippen LogP contribution in [0.1, 0.15) is 31.2 Å². The van der Waals surface area contributed by atoms with Crippen LogP contribution in [0.15, 0.2) is 30.3 Å². The minimum absolute atomic E-state index is 0.0806. The molecular formula is C15H19ClO2. The third-order valence-electron chi connectivity index (χ3n) is 3.63. The van der Waals surface area contributed by atoms with Crippen LogP contribution in [0.4, 0.5) is 0 Å². The van der Waals surface area contributed by atoms with Gasteiger partial charge >= 0.3 is 0 Å². The molecule has 0 saturated heterocycles. The Hall–Kier alpha value is -0.860. The summed E-state index contributed by atoms with van der Waals surface area (Å²) in [6.45, 7) is 1.47. The normalized spacial score (nSPS) is 23.8. The van der Waals surface area contributed by atoms with Gasteiger partial charge in [-0.15, -0.1) is 0 Å². The van der Waals surface area contributed by atoms with Crippen molar-refractivity contribution in [3.8, 4) is 0 Å². The number of rotatable bonds is 5. The molecule has 0 atom stereocenters. The van der Waals surface area contributed by atoms with Crippen LogP contribution in [0.3, 0.4) is 0 Å². The average molecular weight is 267 g/mol. The topological polar surface area (TPSA) is 26.3 Å². The molecule has 18 heavy (non-hydrogen) atoms. The van der Waals surface area contributed by atoms with Gasteiger partial charge in [0.2, 0.25) is 5.24 Å². The fourth-order valence-electron chi connectivity index (χ4n) is 2.47. The zero-order valence-electron chi connectivity index (χ0n) is 10.5. The largest absolute Gasteiger partial charge is 0.376 e. The molecule has 0 heterocycles. The second-order valence-corrected chi connectivity index (χ2v) is 5.40. The monoisotopic (exact) mass is 266 g/mol. The third kappa shape index (κ3) is 4.11. The Balaban J connectivity index is 1.65. The summed E-state index contributed by atoms with van der Waals surface area (Å²) in [4.78, 5) is 11.0. The van der Waals surface area contributed by atoms with E-state index in [2.05, 4.69) is 12.1 Å². The summed E-state index contributed by atoms with van der Waals surface area (Å²) in [7, 11) is 0.